The zero-order chi connectivity index (χ0) is 11.6. The van der Waals surface area contributed by atoms with Crippen LogP contribution in [-0.2, 0) is 9.47 Å². The van der Waals surface area contributed by atoms with Gasteiger partial charge in [0.25, 0.3) is 0 Å². The van der Waals surface area contributed by atoms with Gasteiger partial charge < -0.3 is 14.8 Å². The van der Waals surface area contributed by atoms with Crippen LogP contribution in [0.15, 0.2) is 0 Å². The van der Waals surface area contributed by atoms with Crippen molar-refractivity contribution in [2.75, 3.05) is 53.6 Å². The van der Waals surface area contributed by atoms with Crippen LogP contribution in [0.1, 0.15) is 19.3 Å². The molecule has 1 saturated heterocycles. The van der Waals surface area contributed by atoms with Gasteiger partial charge in [0.15, 0.2) is 0 Å². The number of nitrogens with zero attached hydrogens (tertiary/aromatic N) is 1. The van der Waals surface area contributed by atoms with Crippen molar-refractivity contribution in [3.8, 4) is 0 Å². The third kappa shape index (κ3) is 5.80. The Hall–Kier alpha value is -0.160. The normalized spacial score (nSPS) is 20.8. The molecule has 4 heteroatoms. The van der Waals surface area contributed by atoms with Gasteiger partial charge in [0.05, 0.1) is 6.61 Å². The van der Waals surface area contributed by atoms with Gasteiger partial charge in [0, 0.05) is 46.5 Å². The molecule has 1 unspecified atom stereocenters. The van der Waals surface area contributed by atoms with Crippen LogP contribution in [0.2, 0.25) is 0 Å². The fraction of sp³-hybridized carbons (Fsp3) is 1.00. The predicted octanol–water partition coefficient (Wildman–Crippen LogP) is 0.723. The Labute approximate surface area is 99.3 Å². The molecule has 0 aliphatic carbocycles. The Morgan fingerprint density at radius 3 is 2.62 bits per heavy atom. The van der Waals surface area contributed by atoms with E-state index in [1.807, 2.05) is 0 Å². The molecule has 0 aromatic rings. The van der Waals surface area contributed by atoms with E-state index in [2.05, 4.69) is 10.2 Å². The van der Waals surface area contributed by atoms with Crippen LogP contribution in [-0.4, -0.2) is 64.6 Å². The summed E-state index contributed by atoms with van der Waals surface area (Å²) in [5.41, 5.74) is 0. The second-order valence-electron chi connectivity index (χ2n) is 4.43. The fourth-order valence-corrected chi connectivity index (χ4v) is 2.17. The van der Waals surface area contributed by atoms with Crippen LogP contribution in [0.3, 0.4) is 0 Å². The number of hydrogen-bond donors (Lipinski definition) is 1. The molecule has 16 heavy (non-hydrogen) atoms. The molecule has 1 rings (SSSR count). The minimum Gasteiger partial charge on any atom is -0.385 e. The van der Waals surface area contributed by atoms with Crippen LogP contribution in [0.5, 0.6) is 0 Å². The predicted molar refractivity (Wildman–Crippen MR) is 65.8 cm³/mol. The van der Waals surface area contributed by atoms with E-state index >= 15 is 0 Å². The minimum absolute atomic E-state index is 0.680. The molecule has 0 radical (unpaired) electrons. The van der Waals surface area contributed by atoms with Gasteiger partial charge >= 0.3 is 0 Å². The molecule has 0 bridgehead atoms. The highest BCUT2D eigenvalue weighted by Crippen LogP contribution is 2.07. The smallest absolute Gasteiger partial charge is 0.0589 e. The molecule has 1 heterocycles. The average Bonchev–Trinajstić information content (AvgIpc) is 2.78. The van der Waals surface area contributed by atoms with Gasteiger partial charge in [-0.25, -0.2) is 0 Å². The van der Waals surface area contributed by atoms with Gasteiger partial charge in [-0.1, -0.05) is 0 Å². The lowest BCUT2D eigenvalue weighted by atomic mass is 10.2. The average molecular weight is 230 g/mol. The number of nitrogens with one attached hydrogen (secondary N) is 1. The van der Waals surface area contributed by atoms with E-state index in [0.29, 0.717) is 6.04 Å². The molecule has 96 valence electrons. The molecule has 0 amide bonds. The first kappa shape index (κ1) is 13.9. The molecule has 1 aliphatic heterocycles. The van der Waals surface area contributed by atoms with Crippen LogP contribution in [0, 0.1) is 0 Å². The Bertz CT molecular complexity index is 161. The van der Waals surface area contributed by atoms with E-state index < -0.39 is 0 Å². The lowest BCUT2D eigenvalue weighted by Crippen LogP contribution is -2.39. The summed E-state index contributed by atoms with van der Waals surface area (Å²) in [4.78, 5) is 2.48. The van der Waals surface area contributed by atoms with Crippen molar-refractivity contribution in [1.29, 1.82) is 0 Å². The van der Waals surface area contributed by atoms with Gasteiger partial charge in [-0.3, -0.25) is 4.90 Å². The Morgan fingerprint density at radius 2 is 2.00 bits per heavy atom. The van der Waals surface area contributed by atoms with Gasteiger partial charge in [-0.05, 0) is 25.8 Å². The standard InChI is InChI=1S/C12H26N2O2/c1-15-9-4-7-14(8-10-16-2)11-12-5-3-6-13-12/h12-13H,3-11H2,1-2H3. The third-order valence-electron chi connectivity index (χ3n) is 3.08. The zero-order valence-corrected chi connectivity index (χ0v) is 10.7. The van der Waals surface area contributed by atoms with Crippen molar-refractivity contribution in [3.05, 3.63) is 0 Å². The summed E-state index contributed by atoms with van der Waals surface area (Å²) in [5, 5.41) is 3.54. The quantitative estimate of drug-likeness (QED) is 0.592. The van der Waals surface area contributed by atoms with Gasteiger partial charge in [-0.15, -0.1) is 0 Å². The number of hydrogen-bond acceptors (Lipinski definition) is 4. The summed E-state index contributed by atoms with van der Waals surface area (Å²) in [6, 6.07) is 0.680. The van der Waals surface area contributed by atoms with E-state index in [1.165, 1.54) is 19.4 Å². The molecule has 0 aromatic carbocycles. The summed E-state index contributed by atoms with van der Waals surface area (Å²) in [5.74, 6) is 0. The first-order chi connectivity index (χ1) is 7.86. The highest BCUT2D eigenvalue weighted by atomic mass is 16.5. The maximum atomic E-state index is 5.15. The molecular weight excluding hydrogens is 204 g/mol. The maximum absolute atomic E-state index is 5.15. The van der Waals surface area contributed by atoms with Crippen LogP contribution in [0.25, 0.3) is 0 Å². The lowest BCUT2D eigenvalue weighted by molar-refractivity contribution is 0.127. The molecule has 1 atom stereocenters. The van der Waals surface area contributed by atoms with E-state index in [0.717, 1.165) is 39.3 Å². The van der Waals surface area contributed by atoms with E-state index in [-0.39, 0.29) is 0 Å². The Morgan fingerprint density at radius 1 is 1.19 bits per heavy atom. The third-order valence-corrected chi connectivity index (χ3v) is 3.08. The van der Waals surface area contributed by atoms with Crippen LogP contribution in [0.4, 0.5) is 0 Å². The van der Waals surface area contributed by atoms with Crippen molar-refractivity contribution >= 4 is 0 Å². The highest BCUT2D eigenvalue weighted by Gasteiger charge is 2.17. The minimum atomic E-state index is 0.680. The summed E-state index contributed by atoms with van der Waals surface area (Å²) in [7, 11) is 3.53. The largest absolute Gasteiger partial charge is 0.385 e. The van der Waals surface area contributed by atoms with E-state index in [1.54, 1.807) is 14.2 Å². The maximum Gasteiger partial charge on any atom is 0.0589 e. The molecule has 1 fully saturated rings. The first-order valence-electron chi connectivity index (χ1n) is 6.30. The number of ether oxygens (including phenoxy) is 2. The van der Waals surface area contributed by atoms with Crippen LogP contribution < -0.4 is 5.32 Å². The zero-order valence-electron chi connectivity index (χ0n) is 10.7. The highest BCUT2D eigenvalue weighted by molar-refractivity contribution is 4.77. The van der Waals surface area contributed by atoms with E-state index in [9.17, 15) is 0 Å². The molecule has 1 aliphatic rings. The van der Waals surface area contributed by atoms with Crippen LogP contribution >= 0.6 is 0 Å². The van der Waals surface area contributed by atoms with Crippen molar-refractivity contribution in [1.82, 2.24) is 10.2 Å². The van der Waals surface area contributed by atoms with E-state index in [4.69, 9.17) is 9.47 Å². The Balaban J connectivity index is 2.18. The summed E-state index contributed by atoms with van der Waals surface area (Å²) < 4.78 is 10.2. The molecule has 0 saturated carbocycles. The first-order valence-corrected chi connectivity index (χ1v) is 6.30. The van der Waals surface area contributed by atoms with Crippen molar-refractivity contribution in [2.45, 2.75) is 25.3 Å². The monoisotopic (exact) mass is 230 g/mol. The molecule has 0 spiro atoms. The summed E-state index contributed by atoms with van der Waals surface area (Å²) in [6.45, 7) is 6.13. The Kier molecular flexibility index (Phi) is 7.76. The number of rotatable bonds is 9. The van der Waals surface area contributed by atoms with Gasteiger partial charge in [0.1, 0.15) is 0 Å². The molecular formula is C12H26N2O2. The molecule has 4 nitrogen and oxygen atoms in total. The van der Waals surface area contributed by atoms with Gasteiger partial charge in [-0.2, -0.15) is 0 Å². The van der Waals surface area contributed by atoms with Crippen molar-refractivity contribution < 1.29 is 9.47 Å². The molecule has 1 N–H and O–H groups in total. The second-order valence-corrected chi connectivity index (χ2v) is 4.43. The summed E-state index contributed by atoms with van der Waals surface area (Å²) >= 11 is 0. The SMILES string of the molecule is COCCCN(CCOC)CC1CCCN1. The topological polar surface area (TPSA) is 33.7 Å². The number of methoxy groups -OCH3 is 2. The second kappa shape index (κ2) is 8.93. The van der Waals surface area contributed by atoms with Crippen molar-refractivity contribution in [2.24, 2.45) is 0 Å². The van der Waals surface area contributed by atoms with Gasteiger partial charge in [0.2, 0.25) is 0 Å². The molecule has 0 aromatic heterocycles. The van der Waals surface area contributed by atoms with Crippen molar-refractivity contribution in [3.63, 3.8) is 0 Å². The fourth-order valence-electron chi connectivity index (χ4n) is 2.17. The summed E-state index contributed by atoms with van der Waals surface area (Å²) in [6.07, 6.45) is 3.74. The lowest BCUT2D eigenvalue weighted by Gasteiger charge is -2.25.